The lowest BCUT2D eigenvalue weighted by molar-refractivity contribution is -0.119. The number of carbonyl (C=O) groups excluding carboxylic acids is 2. The second-order valence-electron chi connectivity index (χ2n) is 6.97. The highest BCUT2D eigenvalue weighted by Crippen LogP contribution is 2.47. The Bertz CT molecular complexity index is 830. The topological polar surface area (TPSA) is 88.9 Å². The maximum atomic E-state index is 12.8. The smallest absolute Gasteiger partial charge is 0.321 e. The fourth-order valence-electron chi connectivity index (χ4n) is 3.05. The summed E-state index contributed by atoms with van der Waals surface area (Å²) in [6.45, 7) is 2.27. The molecule has 1 aromatic heterocycles. The molecule has 0 bridgehead atoms. The summed E-state index contributed by atoms with van der Waals surface area (Å²) in [6, 6.07) is 9.45. The fraction of sp³-hybridized carbons (Fsp3) is 0.474. The first kappa shape index (κ1) is 18.0. The highest BCUT2D eigenvalue weighted by Gasteiger charge is 2.37. The highest BCUT2D eigenvalue weighted by molar-refractivity contribution is 8.00. The molecule has 0 unspecified atom stereocenters. The van der Waals surface area contributed by atoms with Crippen LogP contribution in [-0.4, -0.2) is 33.2 Å². The molecule has 142 valence electrons. The summed E-state index contributed by atoms with van der Waals surface area (Å²) in [5.41, 5.74) is 0.836. The second-order valence-corrected chi connectivity index (χ2v) is 8.05. The van der Waals surface area contributed by atoms with Crippen molar-refractivity contribution in [2.45, 2.75) is 55.0 Å². The Morgan fingerprint density at radius 3 is 2.56 bits per heavy atom. The Morgan fingerprint density at radius 1 is 1.19 bits per heavy atom. The van der Waals surface area contributed by atoms with Crippen LogP contribution in [0.15, 0.2) is 35.5 Å². The second kappa shape index (κ2) is 7.72. The van der Waals surface area contributed by atoms with Gasteiger partial charge in [0.2, 0.25) is 5.91 Å². The van der Waals surface area contributed by atoms with E-state index >= 15 is 0 Å². The maximum absolute atomic E-state index is 12.8. The third-order valence-corrected chi connectivity index (χ3v) is 5.89. The average molecular weight is 385 g/mol. The summed E-state index contributed by atoms with van der Waals surface area (Å²) < 4.78 is 2.22. The summed E-state index contributed by atoms with van der Waals surface area (Å²) in [5, 5.41) is 14.0. The first-order valence-electron chi connectivity index (χ1n) is 9.42. The summed E-state index contributed by atoms with van der Waals surface area (Å²) in [4.78, 5) is 24.7. The van der Waals surface area contributed by atoms with Crippen LogP contribution in [0, 0.1) is 0 Å². The van der Waals surface area contributed by atoms with E-state index in [1.807, 2.05) is 37.3 Å². The highest BCUT2D eigenvalue weighted by atomic mass is 32.2. The predicted octanol–water partition coefficient (Wildman–Crippen LogP) is 3.17. The van der Waals surface area contributed by atoms with E-state index in [-0.39, 0.29) is 5.91 Å². The van der Waals surface area contributed by atoms with Crippen LogP contribution >= 0.6 is 11.8 Å². The van der Waals surface area contributed by atoms with Crippen molar-refractivity contribution in [3.8, 4) is 0 Å². The lowest BCUT2D eigenvalue weighted by atomic mass is 10.1. The fourth-order valence-corrected chi connectivity index (χ4v) is 4.17. The molecule has 1 atom stereocenters. The van der Waals surface area contributed by atoms with Crippen molar-refractivity contribution in [2.75, 3.05) is 6.54 Å². The minimum atomic E-state index is -0.567. The first-order chi connectivity index (χ1) is 13.2. The van der Waals surface area contributed by atoms with Gasteiger partial charge in [-0.25, -0.2) is 4.79 Å². The van der Waals surface area contributed by atoms with Crippen LogP contribution in [0.3, 0.4) is 0 Å². The molecule has 27 heavy (non-hydrogen) atoms. The van der Waals surface area contributed by atoms with Gasteiger partial charge in [-0.2, -0.15) is 0 Å². The third kappa shape index (κ3) is 4.16. The third-order valence-electron chi connectivity index (χ3n) is 4.68. The number of nitrogens with zero attached hydrogens (tertiary/aromatic N) is 3. The molecule has 3 amide bonds. The first-order valence-corrected chi connectivity index (χ1v) is 10.3. The molecule has 2 aliphatic rings. The van der Waals surface area contributed by atoms with E-state index in [1.165, 1.54) is 11.8 Å². The van der Waals surface area contributed by atoms with Crippen LogP contribution in [0.25, 0.3) is 0 Å². The molecule has 1 aromatic carbocycles. The molecular weight excluding hydrogens is 362 g/mol. The van der Waals surface area contributed by atoms with Crippen LogP contribution in [0.1, 0.15) is 61.2 Å². The van der Waals surface area contributed by atoms with E-state index in [4.69, 9.17) is 0 Å². The van der Waals surface area contributed by atoms with Gasteiger partial charge < -0.3 is 9.88 Å². The van der Waals surface area contributed by atoms with E-state index in [9.17, 15) is 9.59 Å². The minimum Gasteiger partial charge on any atom is -0.338 e. The minimum absolute atomic E-state index is 0.351. The van der Waals surface area contributed by atoms with Crippen molar-refractivity contribution < 1.29 is 9.59 Å². The van der Waals surface area contributed by atoms with Gasteiger partial charge in [-0.15, -0.1) is 10.2 Å². The lowest BCUT2D eigenvalue weighted by Gasteiger charge is -2.17. The van der Waals surface area contributed by atoms with Crippen LogP contribution in [0.5, 0.6) is 0 Å². The zero-order valence-corrected chi connectivity index (χ0v) is 16.0. The zero-order chi connectivity index (χ0) is 18.8. The zero-order valence-electron chi connectivity index (χ0n) is 15.2. The number of amides is 3. The average Bonchev–Trinajstić information content (AvgIpc) is 3.59. The van der Waals surface area contributed by atoms with Crippen LogP contribution in [0.2, 0.25) is 0 Å². The molecule has 0 radical (unpaired) electrons. The van der Waals surface area contributed by atoms with E-state index in [0.717, 1.165) is 42.2 Å². The molecule has 0 aliphatic heterocycles. The Kier molecular flexibility index (Phi) is 5.15. The summed E-state index contributed by atoms with van der Waals surface area (Å²) in [6.07, 6.45) is 4.59. The van der Waals surface area contributed by atoms with Gasteiger partial charge in [-0.05, 0) is 38.2 Å². The molecular formula is C19H23N5O2S. The maximum Gasteiger partial charge on any atom is 0.321 e. The Balaban J connectivity index is 1.60. The summed E-state index contributed by atoms with van der Waals surface area (Å²) >= 11 is 1.37. The number of aromatic nitrogens is 3. The van der Waals surface area contributed by atoms with Crippen molar-refractivity contribution >= 4 is 23.7 Å². The molecule has 0 saturated heterocycles. The van der Waals surface area contributed by atoms with Crippen molar-refractivity contribution in [3.05, 3.63) is 41.7 Å². The van der Waals surface area contributed by atoms with Gasteiger partial charge in [0.05, 0.1) is 0 Å². The van der Waals surface area contributed by atoms with Gasteiger partial charge in [-0.3, -0.25) is 10.1 Å². The molecule has 2 saturated carbocycles. The number of rotatable bonds is 7. The Labute approximate surface area is 162 Å². The van der Waals surface area contributed by atoms with Gasteiger partial charge in [0, 0.05) is 18.5 Å². The van der Waals surface area contributed by atoms with Crippen molar-refractivity contribution in [2.24, 2.45) is 0 Å². The SMILES string of the molecule is CCNC(=O)NC(=O)[C@H](Sc1nnc(C2CC2)n1C1CC1)c1ccccc1. The largest absolute Gasteiger partial charge is 0.338 e. The molecule has 1 heterocycles. The summed E-state index contributed by atoms with van der Waals surface area (Å²) in [7, 11) is 0. The van der Waals surface area contributed by atoms with E-state index in [2.05, 4.69) is 25.4 Å². The number of benzene rings is 1. The predicted molar refractivity (Wildman–Crippen MR) is 103 cm³/mol. The number of urea groups is 1. The molecule has 8 heteroatoms. The quantitative estimate of drug-likeness (QED) is 0.715. The molecule has 4 rings (SSSR count). The number of carbonyl (C=O) groups is 2. The summed E-state index contributed by atoms with van der Waals surface area (Å²) in [5.74, 6) is 1.21. The van der Waals surface area contributed by atoms with Crippen molar-refractivity contribution in [3.63, 3.8) is 0 Å². The number of thioether (sulfide) groups is 1. The molecule has 2 aliphatic carbocycles. The van der Waals surface area contributed by atoms with Gasteiger partial charge >= 0.3 is 6.03 Å². The molecule has 2 N–H and O–H groups in total. The van der Waals surface area contributed by atoms with Crippen LogP contribution in [-0.2, 0) is 4.79 Å². The number of nitrogens with one attached hydrogen (secondary N) is 2. The van der Waals surface area contributed by atoms with E-state index in [0.29, 0.717) is 18.5 Å². The number of imide groups is 1. The number of hydrogen-bond donors (Lipinski definition) is 2. The van der Waals surface area contributed by atoms with E-state index < -0.39 is 11.3 Å². The monoisotopic (exact) mass is 385 g/mol. The lowest BCUT2D eigenvalue weighted by Crippen LogP contribution is -2.41. The van der Waals surface area contributed by atoms with E-state index in [1.54, 1.807) is 0 Å². The standard InChI is InChI=1S/C19H23N5O2S/c1-2-20-18(26)21-17(25)15(12-6-4-3-5-7-12)27-19-23-22-16(13-8-9-13)24(19)14-10-11-14/h3-7,13-15H,2,8-11H2,1H3,(H2,20,21,25,26)/t15-/m1/s1. The number of hydrogen-bond acceptors (Lipinski definition) is 5. The van der Waals surface area contributed by atoms with Crippen molar-refractivity contribution in [1.29, 1.82) is 0 Å². The van der Waals surface area contributed by atoms with Crippen LogP contribution < -0.4 is 10.6 Å². The van der Waals surface area contributed by atoms with Crippen LogP contribution in [0.4, 0.5) is 4.79 Å². The normalized spacial score (nSPS) is 17.4. The van der Waals surface area contributed by atoms with Crippen molar-refractivity contribution in [1.82, 2.24) is 25.4 Å². The molecule has 0 spiro atoms. The Hall–Kier alpha value is -2.35. The van der Waals surface area contributed by atoms with Gasteiger partial charge in [0.1, 0.15) is 11.1 Å². The van der Waals surface area contributed by atoms with Gasteiger partial charge in [-0.1, -0.05) is 42.1 Å². The molecule has 7 nitrogen and oxygen atoms in total. The van der Waals surface area contributed by atoms with Gasteiger partial charge in [0.15, 0.2) is 5.16 Å². The molecule has 2 fully saturated rings. The molecule has 2 aromatic rings. The van der Waals surface area contributed by atoms with Gasteiger partial charge in [0.25, 0.3) is 0 Å². The Morgan fingerprint density at radius 2 is 1.93 bits per heavy atom.